The summed E-state index contributed by atoms with van der Waals surface area (Å²) >= 11 is 3.43. The fourth-order valence-corrected chi connectivity index (χ4v) is 4.95. The summed E-state index contributed by atoms with van der Waals surface area (Å²) in [7, 11) is -3.17. The number of nitrogens with zero attached hydrogens (tertiary/aromatic N) is 1. The molecule has 0 spiro atoms. The van der Waals surface area contributed by atoms with Gasteiger partial charge in [0.1, 0.15) is 11.5 Å². The molecular formula is C20H19BrN2O3S. The summed E-state index contributed by atoms with van der Waals surface area (Å²) in [5.41, 5.74) is 2.58. The van der Waals surface area contributed by atoms with Gasteiger partial charge in [-0.05, 0) is 48.9 Å². The number of sulfonamides is 1. The van der Waals surface area contributed by atoms with Crippen LogP contribution < -0.4 is 9.62 Å². The maximum atomic E-state index is 12.1. The van der Waals surface area contributed by atoms with Crippen molar-refractivity contribution in [3.63, 3.8) is 0 Å². The van der Waals surface area contributed by atoms with E-state index in [1.165, 1.54) is 4.31 Å². The lowest BCUT2D eigenvalue weighted by atomic mass is 10.2. The lowest BCUT2D eigenvalue weighted by molar-refractivity contribution is 0.531. The first-order valence-electron chi connectivity index (χ1n) is 8.70. The number of anilines is 2. The molecule has 4 rings (SSSR count). The van der Waals surface area contributed by atoms with Crippen LogP contribution in [-0.4, -0.2) is 20.7 Å². The van der Waals surface area contributed by atoms with Crippen molar-refractivity contribution < 1.29 is 12.8 Å². The summed E-state index contributed by atoms with van der Waals surface area (Å²) in [5.74, 6) is 1.85. The average Bonchev–Trinajstić information content (AvgIpc) is 3.27. The molecule has 1 aromatic heterocycles. The van der Waals surface area contributed by atoms with Crippen LogP contribution in [0.1, 0.15) is 12.2 Å². The van der Waals surface area contributed by atoms with Gasteiger partial charge in [0, 0.05) is 22.3 Å². The molecule has 0 saturated carbocycles. The molecule has 0 unspecified atom stereocenters. The second kappa shape index (κ2) is 7.40. The van der Waals surface area contributed by atoms with E-state index in [0.717, 1.165) is 27.2 Å². The van der Waals surface area contributed by atoms with Crippen molar-refractivity contribution in [3.05, 3.63) is 70.9 Å². The smallest absolute Gasteiger partial charge is 0.235 e. The van der Waals surface area contributed by atoms with Gasteiger partial charge in [-0.1, -0.05) is 34.1 Å². The minimum absolute atomic E-state index is 0.218. The normalized spacial score (nSPS) is 15.8. The number of hydrogen-bond acceptors (Lipinski definition) is 4. The lowest BCUT2D eigenvalue weighted by Gasteiger charge is -2.17. The molecule has 2 heterocycles. The average molecular weight is 447 g/mol. The quantitative estimate of drug-likeness (QED) is 0.607. The van der Waals surface area contributed by atoms with Crippen LogP contribution in [0.4, 0.5) is 11.4 Å². The third-order valence-corrected chi connectivity index (χ3v) is 6.89. The van der Waals surface area contributed by atoms with Crippen LogP contribution in [0.15, 0.2) is 69.6 Å². The third kappa shape index (κ3) is 4.04. The fraction of sp³-hybridized carbons (Fsp3) is 0.200. The third-order valence-electron chi connectivity index (χ3n) is 4.49. The van der Waals surface area contributed by atoms with Gasteiger partial charge in [-0.15, -0.1) is 0 Å². The van der Waals surface area contributed by atoms with Crippen molar-refractivity contribution in [2.24, 2.45) is 0 Å². The highest BCUT2D eigenvalue weighted by molar-refractivity contribution is 9.10. The Morgan fingerprint density at radius 1 is 1.07 bits per heavy atom. The van der Waals surface area contributed by atoms with Gasteiger partial charge in [-0.3, -0.25) is 4.31 Å². The van der Waals surface area contributed by atoms with Gasteiger partial charge in [-0.25, -0.2) is 8.42 Å². The largest absolute Gasteiger partial charge is 0.459 e. The lowest BCUT2D eigenvalue weighted by Crippen LogP contribution is -2.25. The van der Waals surface area contributed by atoms with Gasteiger partial charge in [0.25, 0.3) is 0 Å². The molecule has 0 radical (unpaired) electrons. The first kappa shape index (κ1) is 18.1. The Morgan fingerprint density at radius 2 is 1.89 bits per heavy atom. The van der Waals surface area contributed by atoms with Crippen molar-refractivity contribution in [3.8, 4) is 11.3 Å². The van der Waals surface area contributed by atoms with Gasteiger partial charge in [-0.2, -0.15) is 0 Å². The molecule has 1 saturated heterocycles. The van der Waals surface area contributed by atoms with Crippen molar-refractivity contribution >= 4 is 37.3 Å². The molecule has 1 fully saturated rings. The molecule has 5 nitrogen and oxygen atoms in total. The Hall–Kier alpha value is -2.25. The van der Waals surface area contributed by atoms with Crippen LogP contribution in [0.25, 0.3) is 11.3 Å². The Morgan fingerprint density at radius 3 is 2.63 bits per heavy atom. The summed E-state index contributed by atoms with van der Waals surface area (Å²) in [6.45, 7) is 1.06. The topological polar surface area (TPSA) is 62.6 Å². The van der Waals surface area contributed by atoms with E-state index in [2.05, 4.69) is 21.2 Å². The SMILES string of the molecule is O=S1(=O)CCCN1c1cccc(NCc2ccc(-c3ccc(Br)cc3)o2)c1. The molecule has 2 aromatic carbocycles. The number of halogens is 1. The van der Waals surface area contributed by atoms with E-state index in [4.69, 9.17) is 4.42 Å². The van der Waals surface area contributed by atoms with E-state index in [1.807, 2.05) is 60.7 Å². The number of benzene rings is 2. The zero-order valence-corrected chi connectivity index (χ0v) is 17.0. The molecule has 0 aliphatic carbocycles. The minimum Gasteiger partial charge on any atom is -0.459 e. The standard InChI is InChI=1S/C20H19BrN2O3S/c21-16-7-5-15(6-8-16)20-10-9-19(26-20)14-22-17-3-1-4-18(13-17)23-11-2-12-27(23,24)25/h1,3-10,13,22H,2,11-12,14H2. The van der Waals surface area contributed by atoms with E-state index in [-0.39, 0.29) is 5.75 Å². The van der Waals surface area contributed by atoms with Gasteiger partial charge in [0.05, 0.1) is 18.0 Å². The summed E-state index contributed by atoms with van der Waals surface area (Å²) < 4.78 is 32.6. The van der Waals surface area contributed by atoms with Gasteiger partial charge in [0.2, 0.25) is 10.0 Å². The molecule has 1 N–H and O–H groups in total. The van der Waals surface area contributed by atoms with Crippen molar-refractivity contribution in [1.82, 2.24) is 0 Å². The highest BCUT2D eigenvalue weighted by Crippen LogP contribution is 2.27. The summed E-state index contributed by atoms with van der Waals surface area (Å²) in [5, 5.41) is 3.30. The Balaban J connectivity index is 1.45. The highest BCUT2D eigenvalue weighted by atomic mass is 79.9. The maximum absolute atomic E-state index is 12.1. The highest BCUT2D eigenvalue weighted by Gasteiger charge is 2.28. The van der Waals surface area contributed by atoms with E-state index < -0.39 is 10.0 Å². The van der Waals surface area contributed by atoms with Gasteiger partial charge >= 0.3 is 0 Å². The van der Waals surface area contributed by atoms with E-state index >= 15 is 0 Å². The predicted molar refractivity (Wildman–Crippen MR) is 111 cm³/mol. The molecule has 0 atom stereocenters. The molecular weight excluding hydrogens is 428 g/mol. The molecule has 0 bridgehead atoms. The van der Waals surface area contributed by atoms with Gasteiger partial charge in [0.15, 0.2) is 0 Å². The fourth-order valence-electron chi connectivity index (χ4n) is 3.13. The van der Waals surface area contributed by atoms with Crippen LogP contribution in [0.2, 0.25) is 0 Å². The molecule has 3 aromatic rings. The molecule has 27 heavy (non-hydrogen) atoms. The maximum Gasteiger partial charge on any atom is 0.235 e. The van der Waals surface area contributed by atoms with E-state index in [1.54, 1.807) is 0 Å². The first-order chi connectivity index (χ1) is 13.0. The van der Waals surface area contributed by atoms with Crippen LogP contribution in [0, 0.1) is 0 Å². The number of rotatable bonds is 5. The Labute approximate surface area is 167 Å². The summed E-state index contributed by atoms with van der Waals surface area (Å²) in [6, 6.07) is 19.3. The zero-order chi connectivity index (χ0) is 18.9. The van der Waals surface area contributed by atoms with E-state index in [0.29, 0.717) is 25.2 Å². The van der Waals surface area contributed by atoms with Crippen LogP contribution in [-0.2, 0) is 16.6 Å². The van der Waals surface area contributed by atoms with Gasteiger partial charge < -0.3 is 9.73 Å². The summed E-state index contributed by atoms with van der Waals surface area (Å²) in [6.07, 6.45) is 0.672. The predicted octanol–water partition coefficient (Wildman–Crippen LogP) is 4.86. The number of nitrogens with one attached hydrogen (secondary N) is 1. The van der Waals surface area contributed by atoms with E-state index in [9.17, 15) is 8.42 Å². The second-order valence-electron chi connectivity index (χ2n) is 6.42. The van der Waals surface area contributed by atoms with Crippen LogP contribution in [0.3, 0.4) is 0 Å². The van der Waals surface area contributed by atoms with Crippen molar-refractivity contribution in [2.45, 2.75) is 13.0 Å². The monoisotopic (exact) mass is 446 g/mol. The Bertz CT molecular complexity index is 1050. The molecule has 1 aliphatic heterocycles. The minimum atomic E-state index is -3.17. The number of hydrogen-bond donors (Lipinski definition) is 1. The molecule has 140 valence electrons. The van der Waals surface area contributed by atoms with Crippen LogP contribution >= 0.6 is 15.9 Å². The Kier molecular flexibility index (Phi) is 4.97. The second-order valence-corrected chi connectivity index (χ2v) is 9.35. The molecule has 0 amide bonds. The number of furan rings is 1. The van der Waals surface area contributed by atoms with Crippen molar-refractivity contribution in [2.75, 3.05) is 21.9 Å². The van der Waals surface area contributed by atoms with Crippen molar-refractivity contribution in [1.29, 1.82) is 0 Å². The first-order valence-corrected chi connectivity index (χ1v) is 11.1. The molecule has 7 heteroatoms. The van der Waals surface area contributed by atoms with Crippen LogP contribution in [0.5, 0.6) is 0 Å². The molecule has 1 aliphatic rings. The zero-order valence-electron chi connectivity index (χ0n) is 14.6. The summed E-state index contributed by atoms with van der Waals surface area (Å²) in [4.78, 5) is 0.